The quantitative estimate of drug-likeness (QED) is 0.873. The molecule has 1 aromatic heterocycles. The van der Waals surface area contributed by atoms with Crippen LogP contribution in [-0.2, 0) is 11.2 Å². The molecular formula is C15H24N2O2. The van der Waals surface area contributed by atoms with E-state index in [1.807, 2.05) is 23.4 Å². The maximum atomic E-state index is 12.1. The van der Waals surface area contributed by atoms with Gasteiger partial charge in [-0.05, 0) is 36.3 Å². The van der Waals surface area contributed by atoms with Gasteiger partial charge in [-0.3, -0.25) is 4.79 Å². The smallest absolute Gasteiger partial charge is 0.222 e. The van der Waals surface area contributed by atoms with Crippen LogP contribution in [0.3, 0.4) is 0 Å². The number of hydrogen-bond acceptors (Lipinski definition) is 2. The Bertz CT molecular complexity index is 412. The minimum Gasteiger partial charge on any atom is -0.391 e. The van der Waals surface area contributed by atoms with E-state index in [-0.39, 0.29) is 11.3 Å². The van der Waals surface area contributed by atoms with Crippen LogP contribution in [0.1, 0.15) is 38.7 Å². The van der Waals surface area contributed by atoms with Crippen molar-refractivity contribution < 1.29 is 9.90 Å². The van der Waals surface area contributed by atoms with Crippen LogP contribution in [0.15, 0.2) is 18.5 Å². The molecule has 1 amide bonds. The molecule has 0 aromatic carbocycles. The second-order valence-electron chi connectivity index (χ2n) is 6.17. The molecule has 0 spiro atoms. The largest absolute Gasteiger partial charge is 0.391 e. The summed E-state index contributed by atoms with van der Waals surface area (Å²) >= 11 is 0. The molecule has 1 saturated heterocycles. The summed E-state index contributed by atoms with van der Waals surface area (Å²) in [5.74, 6) is 0.171. The number of aryl methyl sites for hydroxylation is 1. The first-order chi connectivity index (χ1) is 8.99. The van der Waals surface area contributed by atoms with E-state index in [1.165, 1.54) is 5.56 Å². The van der Waals surface area contributed by atoms with E-state index in [4.69, 9.17) is 0 Å². The number of nitrogens with one attached hydrogen (secondary N) is 1. The van der Waals surface area contributed by atoms with Gasteiger partial charge in [0, 0.05) is 31.9 Å². The molecule has 1 atom stereocenters. The molecule has 2 heterocycles. The Morgan fingerprint density at radius 3 is 3.00 bits per heavy atom. The molecule has 1 aliphatic heterocycles. The van der Waals surface area contributed by atoms with Gasteiger partial charge >= 0.3 is 0 Å². The normalized spacial score (nSPS) is 22.5. The lowest BCUT2D eigenvalue weighted by Gasteiger charge is -2.41. The van der Waals surface area contributed by atoms with Gasteiger partial charge in [0.2, 0.25) is 5.91 Å². The molecule has 1 aromatic rings. The summed E-state index contributed by atoms with van der Waals surface area (Å²) in [6.45, 7) is 5.37. The number of carbonyl (C=O) groups is 1. The summed E-state index contributed by atoms with van der Waals surface area (Å²) in [5, 5.41) is 10.0. The van der Waals surface area contributed by atoms with E-state index in [1.54, 1.807) is 0 Å². The molecule has 4 heteroatoms. The van der Waals surface area contributed by atoms with Gasteiger partial charge in [-0.1, -0.05) is 13.8 Å². The van der Waals surface area contributed by atoms with Crippen molar-refractivity contribution in [3.8, 4) is 0 Å². The van der Waals surface area contributed by atoms with Gasteiger partial charge in [0.15, 0.2) is 0 Å². The minimum absolute atomic E-state index is 0.0676. The number of aliphatic hydroxyl groups is 1. The first kappa shape index (κ1) is 14.1. The molecule has 4 nitrogen and oxygen atoms in total. The zero-order chi connectivity index (χ0) is 13.9. The topological polar surface area (TPSA) is 56.3 Å². The second-order valence-corrected chi connectivity index (χ2v) is 6.17. The van der Waals surface area contributed by atoms with E-state index >= 15 is 0 Å². The SMILES string of the molecule is CC1(C)CCN(C(=O)CCCc2cc[nH]c2)CC1O. The predicted octanol–water partition coefficient (Wildman–Crippen LogP) is 1.96. The Kier molecular flexibility index (Phi) is 4.30. The van der Waals surface area contributed by atoms with Crippen LogP contribution >= 0.6 is 0 Å². The molecule has 0 radical (unpaired) electrons. The number of aliphatic hydroxyl groups excluding tert-OH is 1. The summed E-state index contributed by atoms with van der Waals surface area (Å²) in [6.07, 6.45) is 6.70. The molecule has 2 rings (SSSR count). The van der Waals surface area contributed by atoms with E-state index in [0.29, 0.717) is 13.0 Å². The summed E-state index contributed by atoms with van der Waals surface area (Å²) in [6, 6.07) is 2.04. The van der Waals surface area contributed by atoms with Crippen molar-refractivity contribution >= 4 is 5.91 Å². The Morgan fingerprint density at radius 2 is 2.37 bits per heavy atom. The Morgan fingerprint density at radius 1 is 1.58 bits per heavy atom. The Hall–Kier alpha value is -1.29. The number of β-amino-alcohol motifs (C(OH)–C–C–N with tert-alkyl or cyclic N) is 1. The van der Waals surface area contributed by atoms with Crippen molar-refractivity contribution in [3.05, 3.63) is 24.0 Å². The number of H-pyrrole nitrogens is 1. The van der Waals surface area contributed by atoms with Gasteiger partial charge in [0.25, 0.3) is 0 Å². The Balaban J connectivity index is 1.75. The fourth-order valence-corrected chi connectivity index (χ4v) is 2.48. The van der Waals surface area contributed by atoms with Crippen molar-refractivity contribution in [3.63, 3.8) is 0 Å². The first-order valence-electron chi connectivity index (χ1n) is 7.06. The first-order valence-corrected chi connectivity index (χ1v) is 7.06. The number of amides is 1. The number of aromatic nitrogens is 1. The predicted molar refractivity (Wildman–Crippen MR) is 74.7 cm³/mol. The maximum absolute atomic E-state index is 12.1. The van der Waals surface area contributed by atoms with Crippen LogP contribution in [-0.4, -0.2) is 40.1 Å². The number of likely N-dealkylation sites (tertiary alicyclic amines) is 1. The summed E-state index contributed by atoms with van der Waals surface area (Å²) in [5.41, 5.74) is 1.18. The van der Waals surface area contributed by atoms with Gasteiger partial charge in [-0.15, -0.1) is 0 Å². The van der Waals surface area contributed by atoms with Gasteiger partial charge in [0.1, 0.15) is 0 Å². The van der Waals surface area contributed by atoms with Crippen LogP contribution < -0.4 is 0 Å². The summed E-state index contributed by atoms with van der Waals surface area (Å²) in [4.78, 5) is 16.9. The van der Waals surface area contributed by atoms with Crippen molar-refractivity contribution in [1.82, 2.24) is 9.88 Å². The Labute approximate surface area is 114 Å². The lowest BCUT2D eigenvalue weighted by atomic mass is 9.80. The monoisotopic (exact) mass is 264 g/mol. The van der Waals surface area contributed by atoms with Crippen molar-refractivity contribution in [1.29, 1.82) is 0 Å². The second kappa shape index (κ2) is 5.78. The molecule has 1 aliphatic rings. The molecule has 106 valence electrons. The molecule has 2 N–H and O–H groups in total. The van der Waals surface area contributed by atoms with Gasteiger partial charge in [-0.25, -0.2) is 0 Å². The third-order valence-corrected chi connectivity index (χ3v) is 4.19. The minimum atomic E-state index is -0.408. The van der Waals surface area contributed by atoms with E-state index in [9.17, 15) is 9.90 Å². The molecule has 0 bridgehead atoms. The summed E-state index contributed by atoms with van der Waals surface area (Å²) in [7, 11) is 0. The van der Waals surface area contributed by atoms with Crippen LogP contribution in [0, 0.1) is 5.41 Å². The third-order valence-electron chi connectivity index (χ3n) is 4.19. The molecule has 1 fully saturated rings. The van der Waals surface area contributed by atoms with E-state index in [0.717, 1.165) is 25.8 Å². The van der Waals surface area contributed by atoms with Gasteiger partial charge < -0.3 is 15.0 Å². The highest BCUT2D eigenvalue weighted by molar-refractivity contribution is 5.76. The number of carbonyl (C=O) groups excluding carboxylic acids is 1. The number of aromatic amines is 1. The van der Waals surface area contributed by atoms with Crippen LogP contribution in [0.2, 0.25) is 0 Å². The van der Waals surface area contributed by atoms with Crippen molar-refractivity contribution in [2.45, 2.75) is 45.6 Å². The number of piperidine rings is 1. The maximum Gasteiger partial charge on any atom is 0.222 e. The van der Waals surface area contributed by atoms with Crippen LogP contribution in [0.25, 0.3) is 0 Å². The van der Waals surface area contributed by atoms with Crippen molar-refractivity contribution in [2.75, 3.05) is 13.1 Å². The summed E-state index contributed by atoms with van der Waals surface area (Å²) < 4.78 is 0. The van der Waals surface area contributed by atoms with Gasteiger partial charge in [-0.2, -0.15) is 0 Å². The number of rotatable bonds is 4. The average molecular weight is 264 g/mol. The lowest BCUT2D eigenvalue weighted by molar-refractivity contribution is -0.138. The third kappa shape index (κ3) is 3.60. The zero-order valence-corrected chi connectivity index (χ0v) is 11.9. The van der Waals surface area contributed by atoms with Crippen molar-refractivity contribution in [2.24, 2.45) is 5.41 Å². The molecule has 0 saturated carbocycles. The highest BCUT2D eigenvalue weighted by Crippen LogP contribution is 2.30. The highest BCUT2D eigenvalue weighted by atomic mass is 16.3. The van der Waals surface area contributed by atoms with Crippen LogP contribution in [0.5, 0.6) is 0 Å². The highest BCUT2D eigenvalue weighted by Gasteiger charge is 2.35. The number of nitrogens with zero attached hydrogens (tertiary/aromatic N) is 1. The fourth-order valence-electron chi connectivity index (χ4n) is 2.48. The number of hydrogen-bond donors (Lipinski definition) is 2. The lowest BCUT2D eigenvalue weighted by Crippen LogP contribution is -2.50. The molecule has 0 aliphatic carbocycles. The van der Waals surface area contributed by atoms with E-state index in [2.05, 4.69) is 18.8 Å². The van der Waals surface area contributed by atoms with Crippen LogP contribution in [0.4, 0.5) is 0 Å². The average Bonchev–Trinajstić information content (AvgIpc) is 2.85. The van der Waals surface area contributed by atoms with Gasteiger partial charge in [0.05, 0.1) is 6.10 Å². The van der Waals surface area contributed by atoms with E-state index < -0.39 is 6.10 Å². The fraction of sp³-hybridized carbons (Fsp3) is 0.667. The molecular weight excluding hydrogens is 240 g/mol. The zero-order valence-electron chi connectivity index (χ0n) is 11.9. The standard InChI is InChI=1S/C15H24N2O2/c1-15(2)7-9-17(11-13(15)18)14(19)5-3-4-12-6-8-16-10-12/h6,8,10,13,16,18H,3-5,7,9,11H2,1-2H3. The molecule has 1 unspecified atom stereocenters. The molecule has 19 heavy (non-hydrogen) atoms.